The maximum absolute atomic E-state index is 14.0. The van der Waals surface area contributed by atoms with Gasteiger partial charge in [0.2, 0.25) is 5.82 Å². The van der Waals surface area contributed by atoms with Gasteiger partial charge >= 0.3 is 11.7 Å². The number of halogens is 1. The Balaban J connectivity index is 1.56. The maximum atomic E-state index is 14.0. The first-order chi connectivity index (χ1) is 18.5. The SMILES string of the molecule is CCCCC/C=C\C/C=C\C/C=C\C/C=C\CCCC(=O)OCCn1c(=O)c(F)cn([C@H]2CCCO2)c1=O. The predicted molar refractivity (Wildman–Crippen MR) is 149 cm³/mol. The van der Waals surface area contributed by atoms with Gasteiger partial charge in [-0.15, -0.1) is 0 Å². The van der Waals surface area contributed by atoms with E-state index in [4.69, 9.17) is 9.47 Å². The van der Waals surface area contributed by atoms with Crippen molar-refractivity contribution < 1.29 is 18.7 Å². The number of hydrogen-bond donors (Lipinski definition) is 0. The molecule has 0 radical (unpaired) electrons. The van der Waals surface area contributed by atoms with Gasteiger partial charge in [-0.2, -0.15) is 4.39 Å². The third kappa shape index (κ3) is 12.0. The Morgan fingerprint density at radius 2 is 1.63 bits per heavy atom. The van der Waals surface area contributed by atoms with Crippen molar-refractivity contribution in [1.29, 1.82) is 0 Å². The third-order valence-electron chi connectivity index (χ3n) is 6.16. The third-order valence-corrected chi connectivity index (χ3v) is 6.16. The molecule has 210 valence electrons. The van der Waals surface area contributed by atoms with Crippen LogP contribution < -0.4 is 11.2 Å². The van der Waals surface area contributed by atoms with Gasteiger partial charge in [-0.1, -0.05) is 68.4 Å². The largest absolute Gasteiger partial charge is 0.464 e. The van der Waals surface area contributed by atoms with Crippen LogP contribution in [0.15, 0.2) is 64.4 Å². The summed E-state index contributed by atoms with van der Waals surface area (Å²) in [4.78, 5) is 36.6. The summed E-state index contributed by atoms with van der Waals surface area (Å²) in [6.45, 7) is 2.32. The van der Waals surface area contributed by atoms with E-state index in [-0.39, 0.29) is 19.6 Å². The molecule has 8 heteroatoms. The molecule has 1 fully saturated rings. The second-order valence-corrected chi connectivity index (χ2v) is 9.29. The molecule has 0 saturated carbocycles. The van der Waals surface area contributed by atoms with Crippen molar-refractivity contribution in [2.75, 3.05) is 13.2 Å². The normalized spacial score (nSPS) is 16.1. The fourth-order valence-corrected chi connectivity index (χ4v) is 4.02. The number of hydrogen-bond acceptors (Lipinski definition) is 5. The van der Waals surface area contributed by atoms with Crippen LogP contribution >= 0.6 is 0 Å². The van der Waals surface area contributed by atoms with Gasteiger partial charge in [-0.25, -0.2) is 4.79 Å². The standard InChI is InChI=1S/C30H43FN2O5/c1-2-3-4-5-6-7-8-9-10-11-12-13-14-15-16-17-18-21-28(34)38-24-22-32-29(35)26(31)25-33(30(32)36)27-20-19-23-37-27/h6-7,9-10,12-13,15-16,25,27H,2-5,8,11,14,17-24H2,1H3/b7-6-,10-9-,13-12-,16-15-/t27-/m1/s1. The van der Waals surface area contributed by atoms with Crippen LogP contribution in [0.4, 0.5) is 4.39 Å². The number of unbranched alkanes of at least 4 members (excludes halogenated alkanes) is 4. The van der Waals surface area contributed by atoms with Crippen molar-refractivity contribution in [3.8, 4) is 0 Å². The molecule has 0 bridgehead atoms. The fourth-order valence-electron chi connectivity index (χ4n) is 4.02. The quantitative estimate of drug-likeness (QED) is 0.129. The first-order valence-electron chi connectivity index (χ1n) is 13.9. The summed E-state index contributed by atoms with van der Waals surface area (Å²) in [6.07, 6.45) is 28.3. The van der Waals surface area contributed by atoms with Gasteiger partial charge in [0.1, 0.15) is 12.8 Å². The zero-order valence-electron chi connectivity index (χ0n) is 22.7. The van der Waals surface area contributed by atoms with Crippen molar-refractivity contribution in [1.82, 2.24) is 9.13 Å². The van der Waals surface area contributed by atoms with Crippen molar-refractivity contribution >= 4 is 5.97 Å². The summed E-state index contributed by atoms with van der Waals surface area (Å²) in [5, 5.41) is 0. The summed E-state index contributed by atoms with van der Waals surface area (Å²) in [5.74, 6) is -1.45. The minimum absolute atomic E-state index is 0.173. The van der Waals surface area contributed by atoms with Crippen LogP contribution in [-0.2, 0) is 20.8 Å². The molecule has 1 aromatic heterocycles. The number of esters is 1. The van der Waals surface area contributed by atoms with Crippen molar-refractivity contribution in [2.45, 2.75) is 96.7 Å². The fraction of sp³-hybridized carbons (Fsp3) is 0.567. The zero-order valence-corrected chi connectivity index (χ0v) is 22.7. The van der Waals surface area contributed by atoms with Gasteiger partial charge in [0.25, 0.3) is 5.56 Å². The Bertz CT molecular complexity index is 1060. The number of carbonyl (C=O) groups excluding carboxylic acids is 1. The van der Waals surface area contributed by atoms with Crippen LogP contribution in [0.25, 0.3) is 0 Å². The Morgan fingerprint density at radius 3 is 2.24 bits per heavy atom. The molecule has 0 amide bonds. The summed E-state index contributed by atoms with van der Waals surface area (Å²) in [7, 11) is 0. The van der Waals surface area contributed by atoms with Crippen LogP contribution in [-0.4, -0.2) is 28.3 Å². The lowest BCUT2D eigenvalue weighted by atomic mass is 10.2. The van der Waals surface area contributed by atoms with Gasteiger partial charge in [0.15, 0.2) is 0 Å². The molecule has 0 aromatic carbocycles. The molecule has 2 rings (SSSR count). The summed E-state index contributed by atoms with van der Waals surface area (Å²) in [6, 6.07) is 0. The molecule has 0 unspecified atom stereocenters. The number of carbonyl (C=O) groups is 1. The van der Waals surface area contributed by atoms with E-state index in [2.05, 4.69) is 49.5 Å². The molecule has 0 spiro atoms. The molecule has 1 atom stereocenters. The second-order valence-electron chi connectivity index (χ2n) is 9.29. The summed E-state index contributed by atoms with van der Waals surface area (Å²) in [5.41, 5.74) is -1.69. The first kappa shape index (κ1) is 31.2. The minimum atomic E-state index is -1.04. The topological polar surface area (TPSA) is 79.5 Å². The van der Waals surface area contributed by atoms with Crippen molar-refractivity contribution in [2.24, 2.45) is 0 Å². The molecular formula is C30H43FN2O5. The van der Waals surface area contributed by atoms with Gasteiger partial charge in [0, 0.05) is 13.0 Å². The van der Waals surface area contributed by atoms with Crippen LogP contribution in [0.3, 0.4) is 0 Å². The lowest BCUT2D eigenvalue weighted by Crippen LogP contribution is -2.43. The highest BCUT2D eigenvalue weighted by atomic mass is 19.1. The highest BCUT2D eigenvalue weighted by Gasteiger charge is 2.22. The molecular weight excluding hydrogens is 487 g/mol. The van der Waals surface area contributed by atoms with Gasteiger partial charge in [-0.3, -0.25) is 18.7 Å². The van der Waals surface area contributed by atoms with E-state index < -0.39 is 29.3 Å². The van der Waals surface area contributed by atoms with Crippen LogP contribution in [0, 0.1) is 5.82 Å². The Morgan fingerprint density at radius 1 is 1.00 bits per heavy atom. The molecule has 1 saturated heterocycles. The van der Waals surface area contributed by atoms with Crippen molar-refractivity contribution in [3.63, 3.8) is 0 Å². The Labute approximate surface area is 225 Å². The molecule has 1 aliphatic rings. The van der Waals surface area contributed by atoms with Gasteiger partial charge in [-0.05, 0) is 57.8 Å². The molecule has 38 heavy (non-hydrogen) atoms. The monoisotopic (exact) mass is 530 g/mol. The molecule has 0 aliphatic carbocycles. The van der Waals surface area contributed by atoms with Gasteiger partial charge in [0.05, 0.1) is 12.7 Å². The first-order valence-corrected chi connectivity index (χ1v) is 13.9. The molecule has 1 aromatic rings. The van der Waals surface area contributed by atoms with Crippen molar-refractivity contribution in [3.05, 3.63) is 81.5 Å². The van der Waals surface area contributed by atoms with Crippen LogP contribution in [0.5, 0.6) is 0 Å². The van der Waals surface area contributed by atoms with E-state index in [0.29, 0.717) is 19.4 Å². The average Bonchev–Trinajstić information content (AvgIpc) is 3.45. The lowest BCUT2D eigenvalue weighted by Gasteiger charge is -2.15. The van der Waals surface area contributed by atoms with Gasteiger partial charge < -0.3 is 9.47 Å². The van der Waals surface area contributed by atoms with E-state index in [1.165, 1.54) is 25.7 Å². The molecule has 2 heterocycles. The molecule has 7 nitrogen and oxygen atoms in total. The smallest absolute Gasteiger partial charge is 0.333 e. The Hall–Kier alpha value is -3.00. The minimum Gasteiger partial charge on any atom is -0.464 e. The van der Waals surface area contributed by atoms with E-state index in [1.54, 1.807) is 0 Å². The average molecular weight is 531 g/mol. The summed E-state index contributed by atoms with van der Waals surface area (Å²) < 4.78 is 26.5. The highest BCUT2D eigenvalue weighted by molar-refractivity contribution is 5.69. The van der Waals surface area contributed by atoms with Crippen LogP contribution in [0.1, 0.15) is 90.2 Å². The number of nitrogens with zero attached hydrogens (tertiary/aromatic N) is 2. The van der Waals surface area contributed by atoms with E-state index in [1.807, 2.05) is 6.08 Å². The Kier molecular flexibility index (Phi) is 15.7. The van der Waals surface area contributed by atoms with E-state index in [9.17, 15) is 18.8 Å². The molecule has 1 aliphatic heterocycles. The number of rotatable bonds is 18. The lowest BCUT2D eigenvalue weighted by molar-refractivity contribution is -0.144. The van der Waals surface area contributed by atoms with Crippen LogP contribution in [0.2, 0.25) is 0 Å². The molecule has 0 N–H and O–H groups in total. The van der Waals surface area contributed by atoms with E-state index in [0.717, 1.165) is 47.4 Å². The highest BCUT2D eigenvalue weighted by Crippen LogP contribution is 2.20. The number of allylic oxidation sites excluding steroid dienone is 8. The maximum Gasteiger partial charge on any atom is 0.333 e. The second kappa shape index (κ2) is 19.1. The summed E-state index contributed by atoms with van der Waals surface area (Å²) >= 11 is 0. The number of ether oxygens (including phenoxy) is 2. The predicted octanol–water partition coefficient (Wildman–Crippen LogP) is 6.15. The van der Waals surface area contributed by atoms with E-state index >= 15 is 0 Å². The zero-order chi connectivity index (χ0) is 27.4. The number of aromatic nitrogens is 2.